The third kappa shape index (κ3) is 4.30. The van der Waals surface area contributed by atoms with Gasteiger partial charge in [0.25, 0.3) is 0 Å². The molecular formula is C18H17F3N2O3S. The lowest BCUT2D eigenvalue weighted by atomic mass is 9.98. The molecule has 0 unspecified atom stereocenters. The molecule has 0 aromatic heterocycles. The van der Waals surface area contributed by atoms with Crippen LogP contribution in [0.25, 0.3) is 0 Å². The number of carbonyl (C=O) groups is 1. The number of sulfonamides is 1. The van der Waals surface area contributed by atoms with Crippen LogP contribution in [0.1, 0.15) is 12.8 Å². The summed E-state index contributed by atoms with van der Waals surface area (Å²) in [7, 11) is -3.87. The smallest absolute Gasteiger partial charge is 0.243 e. The van der Waals surface area contributed by atoms with Crippen LogP contribution in [0, 0.1) is 23.4 Å². The minimum atomic E-state index is -3.87. The zero-order chi connectivity index (χ0) is 19.6. The quantitative estimate of drug-likeness (QED) is 0.861. The Morgan fingerprint density at radius 1 is 1.04 bits per heavy atom. The van der Waals surface area contributed by atoms with Crippen LogP contribution < -0.4 is 5.32 Å². The lowest BCUT2D eigenvalue weighted by molar-refractivity contribution is -0.120. The summed E-state index contributed by atoms with van der Waals surface area (Å²) in [5.74, 6) is -3.45. The topological polar surface area (TPSA) is 66.5 Å². The number of piperidine rings is 1. The van der Waals surface area contributed by atoms with Gasteiger partial charge in [-0.25, -0.2) is 21.6 Å². The second-order valence-electron chi connectivity index (χ2n) is 6.27. The zero-order valence-corrected chi connectivity index (χ0v) is 15.0. The predicted octanol–water partition coefficient (Wildman–Crippen LogP) is 3.14. The van der Waals surface area contributed by atoms with Crippen LogP contribution in [0.5, 0.6) is 0 Å². The highest BCUT2D eigenvalue weighted by molar-refractivity contribution is 7.89. The molecule has 0 bridgehead atoms. The summed E-state index contributed by atoms with van der Waals surface area (Å²) in [6, 6.07) is 7.23. The van der Waals surface area contributed by atoms with E-state index in [2.05, 4.69) is 5.32 Å². The SMILES string of the molecule is O=C(Nc1ccc(F)cc1F)[C@@H]1CCCN(S(=O)(=O)c2ccc(F)cc2)C1. The largest absolute Gasteiger partial charge is 0.323 e. The molecule has 1 fully saturated rings. The molecule has 2 aromatic carbocycles. The molecule has 1 aliphatic heterocycles. The van der Waals surface area contributed by atoms with Crippen LogP contribution in [-0.2, 0) is 14.8 Å². The number of nitrogens with zero attached hydrogens (tertiary/aromatic N) is 1. The first-order valence-corrected chi connectivity index (χ1v) is 9.73. The number of anilines is 1. The van der Waals surface area contributed by atoms with E-state index in [4.69, 9.17) is 0 Å². The van der Waals surface area contributed by atoms with Gasteiger partial charge in [-0.3, -0.25) is 4.79 Å². The van der Waals surface area contributed by atoms with Gasteiger partial charge in [-0.15, -0.1) is 0 Å². The number of rotatable bonds is 4. The molecule has 27 heavy (non-hydrogen) atoms. The van der Waals surface area contributed by atoms with Gasteiger partial charge in [-0.1, -0.05) is 0 Å². The van der Waals surface area contributed by atoms with Gasteiger partial charge in [0, 0.05) is 19.2 Å². The summed E-state index contributed by atoms with van der Waals surface area (Å²) in [5, 5.41) is 2.37. The number of amides is 1. The molecule has 1 aliphatic rings. The van der Waals surface area contributed by atoms with Gasteiger partial charge >= 0.3 is 0 Å². The second kappa shape index (κ2) is 7.69. The number of carbonyl (C=O) groups excluding carboxylic acids is 1. The molecule has 0 spiro atoms. The molecular weight excluding hydrogens is 381 g/mol. The molecule has 144 valence electrons. The Hall–Kier alpha value is -2.39. The van der Waals surface area contributed by atoms with E-state index in [0.29, 0.717) is 18.9 Å². The van der Waals surface area contributed by atoms with Crippen molar-refractivity contribution in [2.45, 2.75) is 17.7 Å². The summed E-state index contributed by atoms with van der Waals surface area (Å²) in [4.78, 5) is 12.4. The van der Waals surface area contributed by atoms with Crippen LogP contribution in [0.4, 0.5) is 18.9 Å². The van der Waals surface area contributed by atoms with E-state index in [0.717, 1.165) is 28.6 Å². The molecule has 0 saturated carbocycles. The van der Waals surface area contributed by atoms with Crippen molar-refractivity contribution in [3.63, 3.8) is 0 Å². The monoisotopic (exact) mass is 398 g/mol. The summed E-state index contributed by atoms with van der Waals surface area (Å²) in [6.07, 6.45) is 0.883. The van der Waals surface area contributed by atoms with Crippen molar-refractivity contribution in [1.29, 1.82) is 0 Å². The van der Waals surface area contributed by atoms with E-state index in [1.54, 1.807) is 0 Å². The van der Waals surface area contributed by atoms with Crippen LogP contribution >= 0.6 is 0 Å². The fraction of sp³-hybridized carbons (Fsp3) is 0.278. The Balaban J connectivity index is 1.73. The fourth-order valence-corrected chi connectivity index (χ4v) is 4.48. The summed E-state index contributed by atoms with van der Waals surface area (Å²) in [6.45, 7) is 0.156. The molecule has 1 heterocycles. The highest BCUT2D eigenvalue weighted by Gasteiger charge is 2.33. The van der Waals surface area contributed by atoms with Crippen molar-refractivity contribution in [3.8, 4) is 0 Å². The number of benzene rings is 2. The average Bonchev–Trinajstić information content (AvgIpc) is 2.64. The summed E-state index contributed by atoms with van der Waals surface area (Å²) < 4.78 is 66.2. The standard InChI is InChI=1S/C18H17F3N2O3S/c19-13-3-6-15(7-4-13)27(25,26)23-9-1-2-12(11-23)18(24)22-17-8-5-14(20)10-16(17)21/h3-8,10,12H,1-2,9,11H2,(H,22,24)/t12-/m1/s1. The van der Waals surface area contributed by atoms with E-state index >= 15 is 0 Å². The van der Waals surface area contributed by atoms with Crippen molar-refractivity contribution >= 4 is 21.6 Å². The first-order chi connectivity index (χ1) is 12.8. The van der Waals surface area contributed by atoms with E-state index in [-0.39, 0.29) is 23.7 Å². The molecule has 1 N–H and O–H groups in total. The zero-order valence-electron chi connectivity index (χ0n) is 14.2. The summed E-state index contributed by atoms with van der Waals surface area (Å²) >= 11 is 0. The molecule has 0 radical (unpaired) electrons. The number of nitrogens with one attached hydrogen (secondary N) is 1. The Labute approximate surface area is 154 Å². The predicted molar refractivity (Wildman–Crippen MR) is 92.9 cm³/mol. The van der Waals surface area contributed by atoms with Crippen LogP contribution in [-0.4, -0.2) is 31.7 Å². The van der Waals surface area contributed by atoms with Crippen molar-refractivity contribution in [1.82, 2.24) is 4.31 Å². The fourth-order valence-electron chi connectivity index (χ4n) is 2.96. The molecule has 0 aliphatic carbocycles. The molecule has 1 saturated heterocycles. The van der Waals surface area contributed by atoms with Gasteiger partial charge in [0.2, 0.25) is 15.9 Å². The Bertz CT molecular complexity index is 949. The van der Waals surface area contributed by atoms with Crippen molar-refractivity contribution in [2.75, 3.05) is 18.4 Å². The van der Waals surface area contributed by atoms with Gasteiger partial charge in [0.15, 0.2) is 0 Å². The van der Waals surface area contributed by atoms with Crippen LogP contribution in [0.3, 0.4) is 0 Å². The van der Waals surface area contributed by atoms with E-state index in [1.807, 2.05) is 0 Å². The third-order valence-corrected chi connectivity index (χ3v) is 6.27. The number of hydrogen-bond acceptors (Lipinski definition) is 3. The number of hydrogen-bond donors (Lipinski definition) is 1. The van der Waals surface area contributed by atoms with Crippen molar-refractivity contribution in [2.24, 2.45) is 5.92 Å². The highest BCUT2D eigenvalue weighted by atomic mass is 32.2. The van der Waals surface area contributed by atoms with Gasteiger partial charge in [0.05, 0.1) is 16.5 Å². The van der Waals surface area contributed by atoms with Crippen LogP contribution in [0.2, 0.25) is 0 Å². The molecule has 1 atom stereocenters. The number of halogens is 3. The minimum absolute atomic E-state index is 0.0606. The summed E-state index contributed by atoms with van der Waals surface area (Å²) in [5.41, 5.74) is -0.167. The van der Waals surface area contributed by atoms with Crippen molar-refractivity contribution < 1.29 is 26.4 Å². The third-order valence-electron chi connectivity index (χ3n) is 4.40. The molecule has 5 nitrogen and oxygen atoms in total. The van der Waals surface area contributed by atoms with E-state index < -0.39 is 39.3 Å². The van der Waals surface area contributed by atoms with Gasteiger partial charge in [-0.05, 0) is 49.2 Å². The maximum atomic E-state index is 13.7. The first kappa shape index (κ1) is 19.4. The lowest BCUT2D eigenvalue weighted by Gasteiger charge is -2.31. The maximum Gasteiger partial charge on any atom is 0.243 e. The molecule has 3 rings (SSSR count). The molecule has 2 aromatic rings. The second-order valence-corrected chi connectivity index (χ2v) is 8.21. The normalized spacial score (nSPS) is 18.3. The average molecular weight is 398 g/mol. The Kier molecular flexibility index (Phi) is 5.52. The van der Waals surface area contributed by atoms with Crippen LogP contribution in [0.15, 0.2) is 47.4 Å². The lowest BCUT2D eigenvalue weighted by Crippen LogP contribution is -2.43. The van der Waals surface area contributed by atoms with Crippen molar-refractivity contribution in [3.05, 3.63) is 59.9 Å². The van der Waals surface area contributed by atoms with E-state index in [9.17, 15) is 26.4 Å². The first-order valence-electron chi connectivity index (χ1n) is 8.29. The Morgan fingerprint density at radius 3 is 2.37 bits per heavy atom. The van der Waals surface area contributed by atoms with Gasteiger partial charge in [-0.2, -0.15) is 4.31 Å². The minimum Gasteiger partial charge on any atom is -0.323 e. The van der Waals surface area contributed by atoms with Gasteiger partial charge in [0.1, 0.15) is 17.5 Å². The van der Waals surface area contributed by atoms with E-state index in [1.165, 1.54) is 12.1 Å². The van der Waals surface area contributed by atoms with Gasteiger partial charge < -0.3 is 5.32 Å². The maximum absolute atomic E-state index is 13.7. The molecule has 1 amide bonds. The molecule has 9 heteroatoms. The highest BCUT2D eigenvalue weighted by Crippen LogP contribution is 2.25. The Morgan fingerprint density at radius 2 is 1.70 bits per heavy atom.